The molecule has 0 saturated heterocycles. The summed E-state index contributed by atoms with van der Waals surface area (Å²) in [6.07, 6.45) is -0.391. The Labute approximate surface area is 115 Å². The first kappa shape index (κ1) is 16.5. The highest BCUT2D eigenvalue weighted by atomic mass is 19.2. The Bertz CT molecular complexity index is 492. The number of rotatable bonds is 4. The van der Waals surface area contributed by atoms with E-state index in [-0.39, 0.29) is 0 Å². The molecule has 20 heavy (non-hydrogen) atoms. The van der Waals surface area contributed by atoms with Gasteiger partial charge in [0.25, 0.3) is 0 Å². The summed E-state index contributed by atoms with van der Waals surface area (Å²) >= 11 is 0. The lowest BCUT2D eigenvalue weighted by atomic mass is 9.96. The molecule has 0 fully saturated rings. The molecule has 1 aromatic carbocycles. The van der Waals surface area contributed by atoms with Gasteiger partial charge in [-0.25, -0.2) is 8.78 Å². The first-order valence-electron chi connectivity index (χ1n) is 5.83. The quantitative estimate of drug-likeness (QED) is 0.468. The molecule has 6 heteroatoms. The summed E-state index contributed by atoms with van der Waals surface area (Å²) in [7, 11) is 1.26. The van der Waals surface area contributed by atoms with E-state index in [0.717, 1.165) is 0 Å². The molecule has 0 radical (unpaired) electrons. The summed E-state index contributed by atoms with van der Waals surface area (Å²) in [4.78, 5) is 0. The fourth-order valence-corrected chi connectivity index (χ4v) is 1.60. The fraction of sp³-hybridized carbons (Fsp3) is 0.429. The van der Waals surface area contributed by atoms with E-state index in [0.29, 0.717) is 6.08 Å². The molecule has 0 saturated carbocycles. The number of benzene rings is 1. The van der Waals surface area contributed by atoms with Crippen LogP contribution in [0.1, 0.15) is 26.3 Å². The molecule has 2 nitrogen and oxygen atoms in total. The molecule has 0 aliphatic heterocycles. The van der Waals surface area contributed by atoms with Gasteiger partial charge in [-0.05, 0) is 0 Å². The molecule has 0 amide bonds. The van der Waals surface area contributed by atoms with Crippen molar-refractivity contribution in [3.63, 3.8) is 0 Å². The highest BCUT2D eigenvalue weighted by molar-refractivity contribution is 5.52. The zero-order chi connectivity index (χ0) is 15.7. The normalized spacial score (nSPS) is 13.2. The molecule has 0 N–H and O–H groups in total. The number of halogens is 4. The topological polar surface area (TPSA) is 18.5 Å². The molecule has 1 unspecified atom stereocenters. The molecule has 0 aliphatic rings. The third kappa shape index (κ3) is 2.95. The average Bonchev–Trinajstić information content (AvgIpc) is 2.36. The van der Waals surface area contributed by atoms with E-state index in [1.54, 1.807) is 20.8 Å². The smallest absolute Gasteiger partial charge is 0.204 e. The standard InChI is InChI=1S/C14H16F4O2/c1-6-7-8(15)10(17)12(11(18)9(7)16)20-13(19-5)14(2,3)4/h6,13H,1H2,2-5H3. The van der Waals surface area contributed by atoms with Gasteiger partial charge in [-0.3, -0.25) is 0 Å². The summed E-state index contributed by atoms with van der Waals surface area (Å²) < 4.78 is 64.6. The van der Waals surface area contributed by atoms with E-state index >= 15 is 0 Å². The number of methoxy groups -OCH3 is 1. The van der Waals surface area contributed by atoms with E-state index < -0.39 is 46.3 Å². The monoisotopic (exact) mass is 292 g/mol. The summed E-state index contributed by atoms with van der Waals surface area (Å²) in [6.45, 7) is 8.15. The van der Waals surface area contributed by atoms with Crippen molar-refractivity contribution in [3.05, 3.63) is 35.4 Å². The van der Waals surface area contributed by atoms with Crippen molar-refractivity contribution < 1.29 is 27.0 Å². The molecule has 1 rings (SSSR count). The second-order valence-electron chi connectivity index (χ2n) is 5.25. The molecule has 0 aromatic heterocycles. The predicted octanol–water partition coefficient (Wildman–Crippen LogP) is 4.28. The van der Waals surface area contributed by atoms with E-state index in [4.69, 9.17) is 9.47 Å². The molecule has 0 bridgehead atoms. The summed E-state index contributed by atoms with van der Waals surface area (Å²) in [5, 5.41) is 0. The molecular weight excluding hydrogens is 276 g/mol. The fourth-order valence-electron chi connectivity index (χ4n) is 1.60. The van der Waals surface area contributed by atoms with Crippen LogP contribution in [0, 0.1) is 28.7 Å². The van der Waals surface area contributed by atoms with Crippen molar-refractivity contribution in [2.24, 2.45) is 5.41 Å². The highest BCUT2D eigenvalue weighted by Crippen LogP contribution is 2.33. The van der Waals surface area contributed by atoms with Gasteiger partial charge in [0.05, 0.1) is 5.56 Å². The van der Waals surface area contributed by atoms with Crippen molar-refractivity contribution in [1.29, 1.82) is 0 Å². The van der Waals surface area contributed by atoms with E-state index in [1.165, 1.54) is 7.11 Å². The Morgan fingerprint density at radius 1 is 1.00 bits per heavy atom. The molecule has 0 aliphatic carbocycles. The minimum atomic E-state index is -1.62. The van der Waals surface area contributed by atoms with Crippen LogP contribution in [0.4, 0.5) is 17.6 Å². The Balaban J connectivity index is 3.37. The summed E-state index contributed by atoms with van der Waals surface area (Å²) in [5.74, 6) is -7.50. The maximum absolute atomic E-state index is 13.8. The molecule has 1 atom stereocenters. The van der Waals surface area contributed by atoms with Gasteiger partial charge in [0.1, 0.15) is 0 Å². The minimum Gasteiger partial charge on any atom is -0.458 e. The van der Waals surface area contributed by atoms with Gasteiger partial charge < -0.3 is 9.47 Å². The van der Waals surface area contributed by atoms with Gasteiger partial charge in [0, 0.05) is 12.5 Å². The van der Waals surface area contributed by atoms with E-state index in [2.05, 4.69) is 6.58 Å². The SMILES string of the molecule is C=Cc1c(F)c(F)c(OC(OC)C(C)(C)C)c(F)c1F. The number of hydrogen-bond donors (Lipinski definition) is 0. The second-order valence-corrected chi connectivity index (χ2v) is 5.25. The van der Waals surface area contributed by atoms with E-state index in [9.17, 15) is 17.6 Å². The lowest BCUT2D eigenvalue weighted by Gasteiger charge is -2.29. The van der Waals surface area contributed by atoms with Gasteiger partial charge in [0.2, 0.25) is 17.9 Å². The Morgan fingerprint density at radius 2 is 1.45 bits per heavy atom. The molecule has 1 aromatic rings. The van der Waals surface area contributed by atoms with Crippen molar-refractivity contribution in [2.75, 3.05) is 7.11 Å². The van der Waals surface area contributed by atoms with E-state index in [1.807, 2.05) is 0 Å². The Morgan fingerprint density at radius 3 is 1.75 bits per heavy atom. The number of ether oxygens (including phenoxy) is 2. The van der Waals surface area contributed by atoms with Gasteiger partial charge in [-0.1, -0.05) is 33.4 Å². The van der Waals surface area contributed by atoms with Crippen LogP contribution in [0.15, 0.2) is 6.58 Å². The van der Waals surface area contributed by atoms with Crippen LogP contribution in [0.2, 0.25) is 0 Å². The second kappa shape index (κ2) is 5.83. The predicted molar refractivity (Wildman–Crippen MR) is 67.2 cm³/mol. The van der Waals surface area contributed by atoms with Crippen molar-refractivity contribution in [3.8, 4) is 5.75 Å². The minimum absolute atomic E-state index is 0.655. The van der Waals surface area contributed by atoms with Gasteiger partial charge in [-0.15, -0.1) is 0 Å². The molecule has 0 heterocycles. The Kier molecular flexibility index (Phi) is 4.81. The molecular formula is C14H16F4O2. The van der Waals surface area contributed by atoms with Gasteiger partial charge in [0.15, 0.2) is 17.4 Å². The third-order valence-electron chi connectivity index (χ3n) is 2.61. The van der Waals surface area contributed by atoms with Gasteiger partial charge in [-0.2, -0.15) is 8.78 Å². The summed E-state index contributed by atoms with van der Waals surface area (Å²) in [5.41, 5.74) is -1.53. The summed E-state index contributed by atoms with van der Waals surface area (Å²) in [6, 6.07) is 0. The lowest BCUT2D eigenvalue weighted by molar-refractivity contribution is -0.123. The van der Waals surface area contributed by atoms with Crippen LogP contribution in [0.25, 0.3) is 6.08 Å². The van der Waals surface area contributed by atoms with Crippen LogP contribution >= 0.6 is 0 Å². The van der Waals surface area contributed by atoms with Crippen LogP contribution in [-0.4, -0.2) is 13.4 Å². The maximum atomic E-state index is 13.8. The van der Waals surface area contributed by atoms with Crippen molar-refractivity contribution in [2.45, 2.75) is 27.1 Å². The number of hydrogen-bond acceptors (Lipinski definition) is 2. The first-order chi connectivity index (χ1) is 9.15. The third-order valence-corrected chi connectivity index (χ3v) is 2.61. The van der Waals surface area contributed by atoms with Crippen molar-refractivity contribution >= 4 is 6.08 Å². The van der Waals surface area contributed by atoms with Crippen LogP contribution < -0.4 is 4.74 Å². The molecule has 112 valence electrons. The Hall–Kier alpha value is -1.56. The lowest BCUT2D eigenvalue weighted by Crippen LogP contribution is -2.34. The average molecular weight is 292 g/mol. The van der Waals surface area contributed by atoms with Crippen LogP contribution in [0.3, 0.4) is 0 Å². The molecule has 0 spiro atoms. The first-order valence-corrected chi connectivity index (χ1v) is 5.83. The van der Waals surface area contributed by atoms with Gasteiger partial charge >= 0.3 is 0 Å². The van der Waals surface area contributed by atoms with Crippen molar-refractivity contribution in [1.82, 2.24) is 0 Å². The van der Waals surface area contributed by atoms with Crippen LogP contribution in [-0.2, 0) is 4.74 Å². The maximum Gasteiger partial charge on any atom is 0.204 e. The zero-order valence-corrected chi connectivity index (χ0v) is 11.7. The highest BCUT2D eigenvalue weighted by Gasteiger charge is 2.32. The van der Waals surface area contributed by atoms with Crippen LogP contribution in [0.5, 0.6) is 5.75 Å². The zero-order valence-electron chi connectivity index (χ0n) is 11.7. The largest absolute Gasteiger partial charge is 0.458 e.